The number of rotatable bonds is 5. The minimum absolute atomic E-state index is 0.0692. The van der Waals surface area contributed by atoms with Gasteiger partial charge < -0.3 is 14.4 Å². The first-order chi connectivity index (χ1) is 10.4. The molecule has 1 aliphatic heterocycles. The van der Waals surface area contributed by atoms with E-state index in [1.807, 2.05) is 0 Å². The molecule has 0 N–H and O–H groups in total. The number of hydrogen-bond donors (Lipinski definition) is 0. The maximum absolute atomic E-state index is 5.33. The molecule has 1 unspecified atom stereocenters. The molecular formula is C17H29N3O2. The monoisotopic (exact) mass is 307 g/mol. The van der Waals surface area contributed by atoms with Gasteiger partial charge in [-0.25, -0.2) is 9.97 Å². The molecule has 0 bridgehead atoms. The van der Waals surface area contributed by atoms with Crippen LogP contribution in [-0.4, -0.2) is 43.9 Å². The van der Waals surface area contributed by atoms with Gasteiger partial charge in [-0.2, -0.15) is 0 Å². The second-order valence-corrected chi connectivity index (χ2v) is 7.13. The normalized spacial score (nSPS) is 19.5. The van der Waals surface area contributed by atoms with Gasteiger partial charge in [0.1, 0.15) is 11.6 Å². The summed E-state index contributed by atoms with van der Waals surface area (Å²) in [5.74, 6) is 2.48. The zero-order valence-electron chi connectivity index (χ0n) is 14.6. The van der Waals surface area contributed by atoms with E-state index >= 15 is 0 Å². The maximum Gasteiger partial charge on any atom is 0.136 e. The summed E-state index contributed by atoms with van der Waals surface area (Å²) in [4.78, 5) is 11.8. The third-order valence-electron chi connectivity index (χ3n) is 3.97. The summed E-state index contributed by atoms with van der Waals surface area (Å²) in [6.45, 7) is 9.83. The Morgan fingerprint density at radius 1 is 1.23 bits per heavy atom. The summed E-state index contributed by atoms with van der Waals surface area (Å²) in [5.41, 5.74) is 0.881. The maximum atomic E-state index is 5.33. The van der Waals surface area contributed by atoms with Crippen LogP contribution < -0.4 is 4.90 Å². The molecule has 2 rings (SSSR count). The molecule has 0 aromatic carbocycles. The van der Waals surface area contributed by atoms with Crippen LogP contribution in [0.15, 0.2) is 6.07 Å². The molecule has 0 radical (unpaired) electrons. The third-order valence-corrected chi connectivity index (χ3v) is 3.97. The lowest BCUT2D eigenvalue weighted by molar-refractivity contribution is 0.143. The molecule has 1 aromatic rings. The van der Waals surface area contributed by atoms with E-state index in [9.17, 15) is 0 Å². The van der Waals surface area contributed by atoms with Gasteiger partial charge in [-0.05, 0) is 18.8 Å². The van der Waals surface area contributed by atoms with E-state index in [1.54, 1.807) is 14.2 Å². The van der Waals surface area contributed by atoms with Crippen molar-refractivity contribution in [3.63, 3.8) is 0 Å². The first-order valence-corrected chi connectivity index (χ1v) is 8.05. The molecule has 1 aliphatic rings. The lowest BCUT2D eigenvalue weighted by Crippen LogP contribution is -2.38. The first kappa shape index (κ1) is 17.2. The summed E-state index contributed by atoms with van der Waals surface area (Å²) >= 11 is 0. The van der Waals surface area contributed by atoms with Gasteiger partial charge >= 0.3 is 0 Å². The van der Waals surface area contributed by atoms with Crippen molar-refractivity contribution in [2.45, 2.75) is 45.6 Å². The predicted octanol–water partition coefficient (Wildman–Crippen LogP) is 2.78. The zero-order valence-corrected chi connectivity index (χ0v) is 14.6. The molecule has 1 fully saturated rings. The Bertz CT molecular complexity index is 483. The Labute approximate surface area is 134 Å². The molecule has 5 heteroatoms. The van der Waals surface area contributed by atoms with E-state index < -0.39 is 0 Å². The second kappa shape index (κ2) is 7.38. The van der Waals surface area contributed by atoms with Gasteiger partial charge in [0.05, 0.1) is 18.9 Å². The van der Waals surface area contributed by atoms with E-state index in [-0.39, 0.29) is 5.41 Å². The fourth-order valence-electron chi connectivity index (χ4n) is 2.85. The molecular weight excluding hydrogens is 278 g/mol. The minimum atomic E-state index is -0.0692. The molecule has 1 saturated heterocycles. The smallest absolute Gasteiger partial charge is 0.136 e. The summed E-state index contributed by atoms with van der Waals surface area (Å²) in [6, 6.07) is 2.06. The molecule has 1 aromatic heterocycles. The molecule has 5 nitrogen and oxygen atoms in total. The van der Waals surface area contributed by atoms with Crippen LogP contribution in [0.1, 0.15) is 45.1 Å². The van der Waals surface area contributed by atoms with Crippen molar-refractivity contribution >= 4 is 5.82 Å². The summed E-state index contributed by atoms with van der Waals surface area (Å²) in [6.07, 6.45) is 2.41. The molecule has 2 heterocycles. The largest absolute Gasteiger partial charge is 0.384 e. The minimum Gasteiger partial charge on any atom is -0.384 e. The number of aromatic nitrogens is 2. The first-order valence-electron chi connectivity index (χ1n) is 8.05. The SMILES string of the molecule is COCc1cc(N2CCCC(COC)C2)nc(C(C)(C)C)n1. The second-order valence-electron chi connectivity index (χ2n) is 7.13. The van der Waals surface area contributed by atoms with Crippen LogP contribution in [0.3, 0.4) is 0 Å². The third kappa shape index (κ3) is 4.40. The van der Waals surface area contributed by atoms with Gasteiger partial charge in [-0.15, -0.1) is 0 Å². The number of piperidine rings is 1. The quantitative estimate of drug-likeness (QED) is 0.837. The Morgan fingerprint density at radius 2 is 2.00 bits per heavy atom. The number of anilines is 1. The molecule has 22 heavy (non-hydrogen) atoms. The van der Waals surface area contributed by atoms with Crippen molar-refractivity contribution in [1.82, 2.24) is 9.97 Å². The van der Waals surface area contributed by atoms with E-state index in [0.717, 1.165) is 37.0 Å². The van der Waals surface area contributed by atoms with Crippen LogP contribution in [0, 0.1) is 5.92 Å². The number of nitrogens with zero attached hydrogens (tertiary/aromatic N) is 3. The fraction of sp³-hybridized carbons (Fsp3) is 0.765. The standard InChI is InChI=1S/C17H29N3O2/c1-17(2,3)16-18-14(12-22-5)9-15(19-16)20-8-6-7-13(10-20)11-21-4/h9,13H,6-8,10-12H2,1-5H3. The molecule has 0 amide bonds. The Balaban J connectivity index is 2.26. The van der Waals surface area contributed by atoms with Gasteiger partial charge in [0.15, 0.2) is 0 Å². The summed E-state index contributed by atoms with van der Waals surface area (Å²) in [7, 11) is 3.48. The van der Waals surface area contributed by atoms with Crippen LogP contribution in [0.2, 0.25) is 0 Å². The van der Waals surface area contributed by atoms with Crippen LogP contribution in [0.4, 0.5) is 5.82 Å². The Morgan fingerprint density at radius 3 is 2.64 bits per heavy atom. The highest BCUT2D eigenvalue weighted by molar-refractivity contribution is 5.41. The van der Waals surface area contributed by atoms with Gasteiger partial charge in [-0.1, -0.05) is 20.8 Å². The lowest BCUT2D eigenvalue weighted by atomic mass is 9.95. The highest BCUT2D eigenvalue weighted by atomic mass is 16.5. The van der Waals surface area contributed by atoms with Crippen molar-refractivity contribution in [3.8, 4) is 0 Å². The molecule has 0 saturated carbocycles. The fourth-order valence-corrected chi connectivity index (χ4v) is 2.85. The van der Waals surface area contributed by atoms with Gasteiger partial charge in [0, 0.05) is 38.8 Å². The lowest BCUT2D eigenvalue weighted by Gasteiger charge is -2.34. The predicted molar refractivity (Wildman–Crippen MR) is 88.3 cm³/mol. The van der Waals surface area contributed by atoms with Crippen molar-refractivity contribution in [2.24, 2.45) is 5.92 Å². The van der Waals surface area contributed by atoms with Crippen molar-refractivity contribution < 1.29 is 9.47 Å². The van der Waals surface area contributed by atoms with Crippen molar-refractivity contribution in [1.29, 1.82) is 0 Å². The molecule has 1 atom stereocenters. The average Bonchev–Trinajstić information content (AvgIpc) is 2.47. The van der Waals surface area contributed by atoms with E-state index in [1.165, 1.54) is 12.8 Å². The van der Waals surface area contributed by atoms with E-state index in [2.05, 4.69) is 36.7 Å². The average molecular weight is 307 g/mol. The van der Waals surface area contributed by atoms with Gasteiger partial charge in [-0.3, -0.25) is 0 Å². The van der Waals surface area contributed by atoms with Gasteiger partial charge in [0.25, 0.3) is 0 Å². The molecule has 0 spiro atoms. The molecule has 124 valence electrons. The molecule has 0 aliphatic carbocycles. The van der Waals surface area contributed by atoms with E-state index in [4.69, 9.17) is 14.5 Å². The zero-order chi connectivity index (χ0) is 16.2. The van der Waals surface area contributed by atoms with E-state index in [0.29, 0.717) is 12.5 Å². The number of hydrogen-bond acceptors (Lipinski definition) is 5. The van der Waals surface area contributed by atoms with Crippen molar-refractivity contribution in [3.05, 3.63) is 17.6 Å². The Hall–Kier alpha value is -1.20. The highest BCUT2D eigenvalue weighted by Gasteiger charge is 2.24. The van der Waals surface area contributed by atoms with Crippen molar-refractivity contribution in [2.75, 3.05) is 38.8 Å². The van der Waals surface area contributed by atoms with Crippen LogP contribution in [-0.2, 0) is 21.5 Å². The Kier molecular flexibility index (Phi) is 5.75. The summed E-state index contributed by atoms with van der Waals surface area (Å²) < 4.78 is 10.6. The highest BCUT2D eigenvalue weighted by Crippen LogP contribution is 2.26. The number of ether oxygens (including phenoxy) is 2. The van der Waals surface area contributed by atoms with Gasteiger partial charge in [0.2, 0.25) is 0 Å². The van der Waals surface area contributed by atoms with Crippen LogP contribution in [0.5, 0.6) is 0 Å². The van der Waals surface area contributed by atoms with Crippen LogP contribution >= 0.6 is 0 Å². The van der Waals surface area contributed by atoms with Crippen LogP contribution in [0.25, 0.3) is 0 Å². The number of methoxy groups -OCH3 is 2. The summed E-state index contributed by atoms with van der Waals surface area (Å²) in [5, 5.41) is 0. The topological polar surface area (TPSA) is 47.5 Å².